The van der Waals surface area contributed by atoms with Crippen molar-refractivity contribution in [3.8, 4) is 0 Å². The van der Waals surface area contributed by atoms with E-state index in [9.17, 15) is 18.0 Å². The second-order valence-corrected chi connectivity index (χ2v) is 6.86. The fourth-order valence-corrected chi connectivity index (χ4v) is 3.22. The van der Waals surface area contributed by atoms with Gasteiger partial charge in [-0.3, -0.25) is 14.9 Å². The maximum Gasteiger partial charge on any atom is 0.247 e. The fraction of sp³-hybridized carbons (Fsp3) is 0.714. The minimum atomic E-state index is -3.63. The molecule has 0 aromatic carbocycles. The molecule has 0 aliphatic carbocycles. The molecule has 0 saturated carbocycles. The third-order valence-corrected chi connectivity index (χ3v) is 5.46. The minimum Gasteiger partial charge on any atom is -0.294 e. The van der Waals surface area contributed by atoms with Gasteiger partial charge >= 0.3 is 0 Å². The van der Waals surface area contributed by atoms with Gasteiger partial charge in [-0.05, 0) is 13.8 Å². The summed E-state index contributed by atoms with van der Waals surface area (Å²) in [5, 5.41) is 2.10. The number of carbonyl (C=O) groups excluding carboxylic acids is 2. The second kappa shape index (κ2) is 3.84. The summed E-state index contributed by atoms with van der Waals surface area (Å²) < 4.78 is 23.8. The Kier molecular flexibility index (Phi) is 3.22. The quantitative estimate of drug-likeness (QED) is 0.545. The first-order valence-corrected chi connectivity index (χ1v) is 6.85. The van der Waals surface area contributed by atoms with Crippen molar-refractivity contribution in [3.63, 3.8) is 0 Å². The molecule has 1 aliphatic rings. The van der Waals surface area contributed by atoms with Gasteiger partial charge in [0.15, 0.2) is 0 Å². The summed E-state index contributed by atoms with van der Waals surface area (Å²) in [4.78, 5) is 22.5. The number of rotatable bonds is 2. The fourth-order valence-electron chi connectivity index (χ4n) is 1.27. The number of amides is 2. The molecule has 0 bridgehead atoms. The number of halogens is 1. The zero-order valence-electron chi connectivity index (χ0n) is 8.28. The van der Waals surface area contributed by atoms with Gasteiger partial charge in [0, 0.05) is 0 Å². The van der Waals surface area contributed by atoms with Crippen molar-refractivity contribution >= 4 is 37.8 Å². The third kappa shape index (κ3) is 2.21. The van der Waals surface area contributed by atoms with E-state index in [4.69, 9.17) is 0 Å². The molecule has 1 aliphatic heterocycles. The molecule has 86 valence electrons. The van der Waals surface area contributed by atoms with Crippen molar-refractivity contribution in [1.82, 2.24) is 9.62 Å². The van der Waals surface area contributed by atoms with Crippen LogP contribution < -0.4 is 5.32 Å². The van der Waals surface area contributed by atoms with E-state index in [-0.39, 0.29) is 11.2 Å². The highest BCUT2D eigenvalue weighted by Crippen LogP contribution is 2.22. The molecule has 1 saturated heterocycles. The standard InChI is InChI=1S/C7H11BrN2O4S/c1-7(2)6(12)9-5(11)3-10(7)15(13,14)4-8/h3-4H2,1-2H3,(H,9,11,12). The van der Waals surface area contributed by atoms with Crippen LogP contribution in [-0.2, 0) is 19.6 Å². The number of piperazine rings is 1. The van der Waals surface area contributed by atoms with E-state index in [0.717, 1.165) is 4.31 Å². The van der Waals surface area contributed by atoms with Crippen LogP contribution in [0.5, 0.6) is 0 Å². The van der Waals surface area contributed by atoms with Crippen LogP contribution >= 0.6 is 15.9 Å². The van der Waals surface area contributed by atoms with Gasteiger partial charge in [-0.2, -0.15) is 4.31 Å². The first kappa shape index (κ1) is 12.6. The molecule has 8 heteroatoms. The highest BCUT2D eigenvalue weighted by Gasteiger charge is 2.46. The van der Waals surface area contributed by atoms with E-state index in [0.29, 0.717) is 0 Å². The molecule has 0 atom stereocenters. The average molecular weight is 299 g/mol. The normalized spacial score (nSPS) is 22.6. The van der Waals surface area contributed by atoms with Gasteiger partial charge in [0.25, 0.3) is 0 Å². The zero-order chi connectivity index (χ0) is 11.9. The Balaban J connectivity index is 3.16. The summed E-state index contributed by atoms with van der Waals surface area (Å²) >= 11 is 2.83. The Morgan fingerprint density at radius 3 is 2.47 bits per heavy atom. The van der Waals surface area contributed by atoms with Crippen LogP contribution in [0.25, 0.3) is 0 Å². The number of nitrogens with zero attached hydrogens (tertiary/aromatic N) is 1. The summed E-state index contributed by atoms with van der Waals surface area (Å²) in [6.45, 7) is 2.58. The Bertz CT molecular complexity index is 403. The molecule has 15 heavy (non-hydrogen) atoms. The predicted molar refractivity (Wildman–Crippen MR) is 56.6 cm³/mol. The summed E-state index contributed by atoms with van der Waals surface area (Å²) in [5.74, 6) is -1.22. The van der Waals surface area contributed by atoms with E-state index < -0.39 is 27.4 Å². The van der Waals surface area contributed by atoms with Crippen molar-refractivity contribution in [2.24, 2.45) is 0 Å². The van der Waals surface area contributed by atoms with Crippen LogP contribution in [0.4, 0.5) is 0 Å². The highest BCUT2D eigenvalue weighted by atomic mass is 79.9. The average Bonchev–Trinajstić information content (AvgIpc) is 2.11. The van der Waals surface area contributed by atoms with Crippen molar-refractivity contribution in [1.29, 1.82) is 0 Å². The van der Waals surface area contributed by atoms with Crippen molar-refractivity contribution < 1.29 is 18.0 Å². The molecular weight excluding hydrogens is 288 g/mol. The lowest BCUT2D eigenvalue weighted by molar-refractivity contribution is -0.141. The van der Waals surface area contributed by atoms with Gasteiger partial charge in [0.1, 0.15) is 10.2 Å². The van der Waals surface area contributed by atoms with Crippen LogP contribution in [0, 0.1) is 0 Å². The van der Waals surface area contributed by atoms with Crippen LogP contribution in [0.15, 0.2) is 0 Å². The monoisotopic (exact) mass is 298 g/mol. The van der Waals surface area contributed by atoms with E-state index in [1.807, 2.05) is 0 Å². The van der Waals surface area contributed by atoms with Crippen LogP contribution in [0.1, 0.15) is 13.8 Å². The maximum atomic E-state index is 11.6. The first-order valence-electron chi connectivity index (χ1n) is 4.12. The summed E-state index contributed by atoms with van der Waals surface area (Å²) in [6.07, 6.45) is 0. The number of carbonyl (C=O) groups is 2. The molecule has 1 N–H and O–H groups in total. The number of imide groups is 1. The summed E-state index contributed by atoms with van der Waals surface area (Å²) in [7, 11) is -3.63. The van der Waals surface area contributed by atoms with Gasteiger partial charge in [-0.15, -0.1) is 0 Å². The lowest BCUT2D eigenvalue weighted by Gasteiger charge is -2.38. The number of nitrogens with one attached hydrogen (secondary N) is 1. The van der Waals surface area contributed by atoms with E-state index in [1.165, 1.54) is 13.8 Å². The molecule has 1 fully saturated rings. The Morgan fingerprint density at radius 2 is 2.00 bits per heavy atom. The van der Waals surface area contributed by atoms with Gasteiger partial charge in [-0.1, -0.05) is 15.9 Å². The van der Waals surface area contributed by atoms with E-state index in [2.05, 4.69) is 21.2 Å². The molecule has 0 aromatic rings. The van der Waals surface area contributed by atoms with Crippen LogP contribution in [0.3, 0.4) is 0 Å². The summed E-state index contributed by atoms with van der Waals surface area (Å²) in [6, 6.07) is 0. The van der Waals surface area contributed by atoms with Crippen molar-refractivity contribution in [2.75, 3.05) is 11.2 Å². The van der Waals surface area contributed by atoms with Gasteiger partial charge < -0.3 is 0 Å². The third-order valence-electron chi connectivity index (χ3n) is 2.19. The lowest BCUT2D eigenvalue weighted by atomic mass is 10.0. The van der Waals surface area contributed by atoms with Crippen LogP contribution in [-0.4, -0.2) is 41.3 Å². The number of hydrogen-bond acceptors (Lipinski definition) is 4. The molecule has 6 nitrogen and oxygen atoms in total. The van der Waals surface area contributed by atoms with Crippen molar-refractivity contribution in [2.45, 2.75) is 19.4 Å². The van der Waals surface area contributed by atoms with Gasteiger partial charge in [0.2, 0.25) is 21.8 Å². The molecule has 2 amide bonds. The number of sulfonamides is 1. The molecule has 1 heterocycles. The Labute approximate surface area is 96.2 Å². The van der Waals surface area contributed by atoms with E-state index in [1.54, 1.807) is 0 Å². The Hall–Kier alpha value is -0.470. The maximum absolute atomic E-state index is 11.6. The van der Waals surface area contributed by atoms with Crippen molar-refractivity contribution in [3.05, 3.63) is 0 Å². The first-order chi connectivity index (χ1) is 6.71. The molecular formula is C7H11BrN2O4S. The molecule has 0 radical (unpaired) electrons. The Morgan fingerprint density at radius 1 is 1.47 bits per heavy atom. The molecule has 1 rings (SSSR count). The molecule has 0 unspecified atom stereocenters. The van der Waals surface area contributed by atoms with Gasteiger partial charge in [-0.25, -0.2) is 8.42 Å². The predicted octanol–water partition coefficient (Wildman–Crippen LogP) is -0.594. The van der Waals surface area contributed by atoms with Crippen LogP contribution in [0.2, 0.25) is 0 Å². The second-order valence-electron chi connectivity index (χ2n) is 3.66. The highest BCUT2D eigenvalue weighted by molar-refractivity contribution is 9.10. The number of hydrogen-bond donors (Lipinski definition) is 1. The SMILES string of the molecule is CC1(C)C(=O)NC(=O)CN1S(=O)(=O)CBr. The lowest BCUT2D eigenvalue weighted by Crippen LogP contribution is -2.65. The molecule has 0 spiro atoms. The smallest absolute Gasteiger partial charge is 0.247 e. The summed E-state index contributed by atoms with van der Waals surface area (Å²) in [5.41, 5.74) is -1.24. The number of alkyl halides is 1. The zero-order valence-corrected chi connectivity index (χ0v) is 10.7. The van der Waals surface area contributed by atoms with Gasteiger partial charge in [0.05, 0.1) is 6.54 Å². The largest absolute Gasteiger partial charge is 0.294 e. The van der Waals surface area contributed by atoms with E-state index >= 15 is 0 Å². The topological polar surface area (TPSA) is 83.6 Å². The molecule has 0 aromatic heterocycles. The minimum absolute atomic E-state index is 0.315.